The van der Waals surface area contributed by atoms with E-state index in [2.05, 4.69) is 5.32 Å². The molecule has 1 aromatic carbocycles. The van der Waals surface area contributed by atoms with Crippen molar-refractivity contribution in [3.8, 4) is 0 Å². The Morgan fingerprint density at radius 3 is 2.58 bits per heavy atom. The minimum atomic E-state index is -4.46. The molecule has 0 radical (unpaired) electrons. The summed E-state index contributed by atoms with van der Waals surface area (Å²) in [6.45, 7) is 1.66. The van der Waals surface area contributed by atoms with E-state index in [1.807, 2.05) is 35.2 Å². The number of nitrogens with one attached hydrogen (secondary N) is 1. The van der Waals surface area contributed by atoms with Crippen molar-refractivity contribution in [3.63, 3.8) is 0 Å². The van der Waals surface area contributed by atoms with Gasteiger partial charge in [0, 0.05) is 31.6 Å². The molecule has 0 amide bonds. The minimum Gasteiger partial charge on any atom is -0.481 e. The van der Waals surface area contributed by atoms with Gasteiger partial charge >= 0.3 is 12.1 Å². The second-order valence-corrected chi connectivity index (χ2v) is 6.56. The number of carbonyl (C=O) groups is 2. The van der Waals surface area contributed by atoms with Gasteiger partial charge in [0.1, 0.15) is 12.2 Å². The monoisotopic (exact) mass is 372 g/mol. The van der Waals surface area contributed by atoms with Crippen molar-refractivity contribution < 1.29 is 27.9 Å². The summed E-state index contributed by atoms with van der Waals surface area (Å²) < 4.78 is 37.2. The Hall–Kier alpha value is -1.93. The van der Waals surface area contributed by atoms with Gasteiger partial charge in [-0.15, -0.1) is 0 Å². The molecule has 0 saturated carbocycles. The van der Waals surface area contributed by atoms with Gasteiger partial charge in [-0.25, -0.2) is 0 Å². The fraction of sp³-hybridized carbons (Fsp3) is 0.556. The highest BCUT2D eigenvalue weighted by atomic mass is 19.4. The van der Waals surface area contributed by atoms with Crippen LogP contribution in [-0.4, -0.2) is 54.1 Å². The van der Waals surface area contributed by atoms with Crippen molar-refractivity contribution in [1.29, 1.82) is 0 Å². The zero-order valence-electron chi connectivity index (χ0n) is 14.3. The zero-order chi connectivity index (χ0) is 19.2. The van der Waals surface area contributed by atoms with Crippen LogP contribution < -0.4 is 5.32 Å². The molecule has 2 N–H and O–H groups in total. The molecule has 0 aliphatic carbocycles. The smallest absolute Gasteiger partial charge is 0.395 e. The third-order valence-corrected chi connectivity index (χ3v) is 4.47. The van der Waals surface area contributed by atoms with Gasteiger partial charge in [-0.05, 0) is 18.5 Å². The number of ketones is 1. The Bertz CT molecular complexity index is 607. The molecule has 1 fully saturated rings. The maximum atomic E-state index is 12.4. The van der Waals surface area contributed by atoms with Crippen molar-refractivity contribution in [1.82, 2.24) is 10.2 Å². The van der Waals surface area contributed by atoms with E-state index in [4.69, 9.17) is 5.11 Å². The van der Waals surface area contributed by atoms with E-state index >= 15 is 0 Å². The molecule has 2 unspecified atom stereocenters. The number of Topliss-reactive ketones (excluding diaryl/α,β-unsaturated/α-hetero) is 1. The van der Waals surface area contributed by atoms with Crippen molar-refractivity contribution in [2.45, 2.75) is 31.5 Å². The van der Waals surface area contributed by atoms with E-state index in [-0.39, 0.29) is 12.5 Å². The number of alkyl halides is 3. The number of benzene rings is 1. The summed E-state index contributed by atoms with van der Waals surface area (Å²) in [5.41, 5.74) is 0.975. The number of carboxylic acids is 1. The maximum absolute atomic E-state index is 12.4. The van der Waals surface area contributed by atoms with Crippen LogP contribution >= 0.6 is 0 Å². The average Bonchev–Trinajstić information content (AvgIpc) is 3.02. The first-order chi connectivity index (χ1) is 12.2. The first-order valence-electron chi connectivity index (χ1n) is 8.56. The molecule has 144 valence electrons. The summed E-state index contributed by atoms with van der Waals surface area (Å²) in [7, 11) is 0. The highest BCUT2D eigenvalue weighted by Crippen LogP contribution is 2.27. The van der Waals surface area contributed by atoms with Crippen LogP contribution in [0, 0.1) is 5.92 Å². The molecule has 1 heterocycles. The molecule has 2 rings (SSSR count). The molecule has 1 aliphatic rings. The first-order valence-corrected chi connectivity index (χ1v) is 8.56. The lowest BCUT2D eigenvalue weighted by Crippen LogP contribution is -2.35. The molecule has 26 heavy (non-hydrogen) atoms. The maximum Gasteiger partial charge on any atom is 0.395 e. The van der Waals surface area contributed by atoms with E-state index in [9.17, 15) is 22.8 Å². The Kier molecular flexibility index (Phi) is 7.16. The Morgan fingerprint density at radius 1 is 1.27 bits per heavy atom. The summed E-state index contributed by atoms with van der Waals surface area (Å²) in [5.74, 6) is -2.24. The van der Waals surface area contributed by atoms with Crippen LogP contribution in [0.1, 0.15) is 30.9 Å². The lowest BCUT2D eigenvalue weighted by atomic mass is 10.0. The minimum absolute atomic E-state index is 0.0178. The number of aliphatic carboxylic acids is 1. The van der Waals surface area contributed by atoms with Gasteiger partial charge in [0.2, 0.25) is 0 Å². The quantitative estimate of drug-likeness (QED) is 0.697. The first kappa shape index (κ1) is 20.4. The fourth-order valence-corrected chi connectivity index (χ4v) is 3.19. The molecular weight excluding hydrogens is 349 g/mol. The van der Waals surface area contributed by atoms with Crippen molar-refractivity contribution in [2.75, 3.05) is 26.2 Å². The summed E-state index contributed by atoms with van der Waals surface area (Å²) in [6.07, 6.45) is -5.43. The summed E-state index contributed by atoms with van der Waals surface area (Å²) in [4.78, 5) is 24.5. The van der Waals surface area contributed by atoms with Crippen LogP contribution in [0.3, 0.4) is 0 Å². The molecule has 0 bridgehead atoms. The van der Waals surface area contributed by atoms with Crippen LogP contribution in [0.15, 0.2) is 30.3 Å². The molecule has 2 atom stereocenters. The summed E-state index contributed by atoms with van der Waals surface area (Å²) in [6, 6.07) is 9.31. The highest BCUT2D eigenvalue weighted by Gasteiger charge is 2.37. The number of rotatable bonds is 9. The molecule has 8 heteroatoms. The van der Waals surface area contributed by atoms with Crippen LogP contribution in [0.4, 0.5) is 13.2 Å². The number of nitrogens with zero attached hydrogens (tertiary/aromatic N) is 1. The Labute approximate surface area is 150 Å². The molecule has 1 aromatic rings. The van der Waals surface area contributed by atoms with Crippen molar-refractivity contribution >= 4 is 11.8 Å². The molecule has 0 aromatic heterocycles. The van der Waals surface area contributed by atoms with Gasteiger partial charge in [-0.1, -0.05) is 30.3 Å². The predicted molar refractivity (Wildman–Crippen MR) is 89.7 cm³/mol. The van der Waals surface area contributed by atoms with E-state index in [0.717, 1.165) is 5.56 Å². The molecule has 0 spiro atoms. The number of carboxylic acid groups (broad SMARTS) is 1. The lowest BCUT2D eigenvalue weighted by molar-refractivity contribution is -0.154. The van der Waals surface area contributed by atoms with E-state index < -0.39 is 30.3 Å². The Morgan fingerprint density at radius 2 is 1.96 bits per heavy atom. The van der Waals surface area contributed by atoms with E-state index in [0.29, 0.717) is 32.6 Å². The number of carbonyl (C=O) groups excluding carboxylic acids is 1. The van der Waals surface area contributed by atoms with Crippen LogP contribution in [-0.2, 0) is 9.59 Å². The third kappa shape index (κ3) is 6.76. The van der Waals surface area contributed by atoms with Crippen molar-refractivity contribution in [2.24, 2.45) is 5.92 Å². The van der Waals surface area contributed by atoms with Crippen molar-refractivity contribution in [3.05, 3.63) is 35.9 Å². The average molecular weight is 372 g/mol. The fourth-order valence-electron chi connectivity index (χ4n) is 3.19. The largest absolute Gasteiger partial charge is 0.481 e. The number of halogens is 3. The number of likely N-dealkylation sites (tertiary alicyclic amines) is 1. The van der Waals surface area contributed by atoms with Gasteiger partial charge in [-0.2, -0.15) is 13.2 Å². The van der Waals surface area contributed by atoms with Gasteiger partial charge in [0.25, 0.3) is 0 Å². The molecule has 5 nitrogen and oxygen atoms in total. The second kappa shape index (κ2) is 9.14. The van der Waals surface area contributed by atoms with Gasteiger partial charge < -0.3 is 15.3 Å². The van der Waals surface area contributed by atoms with Gasteiger partial charge in [0.15, 0.2) is 0 Å². The topological polar surface area (TPSA) is 69.6 Å². The van der Waals surface area contributed by atoms with Crippen LogP contribution in [0.2, 0.25) is 0 Å². The van der Waals surface area contributed by atoms with Gasteiger partial charge in [0.05, 0.1) is 6.42 Å². The molecular formula is C18H23F3N2O3. The number of hydrogen-bond donors (Lipinski definition) is 2. The summed E-state index contributed by atoms with van der Waals surface area (Å²) in [5, 5.41) is 12.0. The SMILES string of the molecule is O=C(O)CCNC(CN1CCC(C(=O)CC(F)(F)F)C1)c1ccccc1. The van der Waals surface area contributed by atoms with Crippen LogP contribution in [0.5, 0.6) is 0 Å². The van der Waals surface area contributed by atoms with Gasteiger partial charge in [-0.3, -0.25) is 9.59 Å². The van der Waals surface area contributed by atoms with E-state index in [1.54, 1.807) is 0 Å². The second-order valence-electron chi connectivity index (χ2n) is 6.56. The number of hydrogen-bond acceptors (Lipinski definition) is 4. The van der Waals surface area contributed by atoms with Crippen LogP contribution in [0.25, 0.3) is 0 Å². The van der Waals surface area contributed by atoms with E-state index in [1.165, 1.54) is 0 Å². The third-order valence-electron chi connectivity index (χ3n) is 4.47. The highest BCUT2D eigenvalue weighted by molar-refractivity contribution is 5.82. The standard InChI is InChI=1S/C18H23F3N2O3/c19-18(20,21)10-16(24)14-7-9-23(11-14)12-15(22-8-6-17(25)26)13-4-2-1-3-5-13/h1-5,14-15,22H,6-12H2,(H,25,26). The predicted octanol–water partition coefficient (Wildman–Crippen LogP) is 2.64. The summed E-state index contributed by atoms with van der Waals surface area (Å²) >= 11 is 0. The normalized spacial score (nSPS) is 19.4. The molecule has 1 saturated heterocycles. The lowest BCUT2D eigenvalue weighted by Gasteiger charge is -2.25. The Balaban J connectivity index is 1.93. The zero-order valence-corrected chi connectivity index (χ0v) is 14.3. The molecule has 1 aliphatic heterocycles.